The van der Waals surface area contributed by atoms with Crippen LogP contribution in [0.5, 0.6) is 0 Å². The predicted octanol–water partition coefficient (Wildman–Crippen LogP) is 3.93. The molecule has 154 valence electrons. The molecule has 1 N–H and O–H groups in total. The molecule has 5 nitrogen and oxygen atoms in total. The third-order valence-corrected chi connectivity index (χ3v) is 4.52. The number of benzene rings is 1. The third kappa shape index (κ3) is 9.76. The first-order valence-electron chi connectivity index (χ1n) is 10.1. The van der Waals surface area contributed by atoms with Gasteiger partial charge in [0, 0.05) is 32.2 Å². The van der Waals surface area contributed by atoms with E-state index in [-0.39, 0.29) is 24.0 Å². The quantitative estimate of drug-likeness (QED) is 0.222. The van der Waals surface area contributed by atoms with E-state index in [9.17, 15) is 0 Å². The molecule has 1 aliphatic rings. The third-order valence-electron chi connectivity index (χ3n) is 4.52. The van der Waals surface area contributed by atoms with E-state index in [4.69, 9.17) is 14.5 Å². The molecule has 1 atom stereocenters. The number of unbranched alkanes of at least 4 members (excludes halogenated alkanes) is 1. The summed E-state index contributed by atoms with van der Waals surface area (Å²) in [5.41, 5.74) is 1.24. The van der Waals surface area contributed by atoms with E-state index in [1.807, 2.05) is 6.07 Å². The van der Waals surface area contributed by atoms with Crippen molar-refractivity contribution in [2.75, 3.05) is 46.0 Å². The highest BCUT2D eigenvalue weighted by molar-refractivity contribution is 14.0. The number of ether oxygens (including phenoxy) is 2. The molecule has 2 rings (SSSR count). The van der Waals surface area contributed by atoms with E-state index in [1.165, 1.54) is 12.0 Å². The lowest BCUT2D eigenvalue weighted by atomic mass is 10.1. The molecular weight excluding hydrogens is 453 g/mol. The molecule has 1 fully saturated rings. The van der Waals surface area contributed by atoms with Crippen molar-refractivity contribution in [1.82, 2.24) is 10.2 Å². The fourth-order valence-electron chi connectivity index (χ4n) is 3.07. The largest absolute Gasteiger partial charge is 0.380 e. The maximum Gasteiger partial charge on any atom is 0.194 e. The van der Waals surface area contributed by atoms with E-state index in [0.717, 1.165) is 58.2 Å². The van der Waals surface area contributed by atoms with Gasteiger partial charge in [0.1, 0.15) is 0 Å². The van der Waals surface area contributed by atoms with Crippen LogP contribution in [0.4, 0.5) is 0 Å². The van der Waals surface area contributed by atoms with Crippen molar-refractivity contribution in [1.29, 1.82) is 0 Å². The molecule has 1 saturated heterocycles. The highest BCUT2D eigenvalue weighted by Crippen LogP contribution is 2.17. The SMILES string of the molecule is CCCCOCCN=C(NCC)N1CCC(COCc2ccccc2)C1.I. The van der Waals surface area contributed by atoms with E-state index in [0.29, 0.717) is 19.1 Å². The average Bonchev–Trinajstić information content (AvgIpc) is 3.13. The summed E-state index contributed by atoms with van der Waals surface area (Å²) in [6.45, 7) is 11.0. The Labute approximate surface area is 181 Å². The van der Waals surface area contributed by atoms with Gasteiger partial charge in [-0.25, -0.2) is 0 Å². The number of rotatable bonds is 11. The van der Waals surface area contributed by atoms with Gasteiger partial charge in [-0.2, -0.15) is 0 Å². The van der Waals surface area contributed by atoms with Crippen LogP contribution in [0.3, 0.4) is 0 Å². The lowest BCUT2D eigenvalue weighted by molar-refractivity contribution is 0.0906. The second kappa shape index (κ2) is 15.1. The van der Waals surface area contributed by atoms with Gasteiger partial charge in [-0.05, 0) is 25.3 Å². The second-order valence-corrected chi connectivity index (χ2v) is 6.80. The van der Waals surface area contributed by atoms with Gasteiger partial charge in [0.05, 0.1) is 26.4 Å². The van der Waals surface area contributed by atoms with Crippen molar-refractivity contribution in [2.45, 2.75) is 39.7 Å². The van der Waals surface area contributed by atoms with Crippen molar-refractivity contribution in [3.8, 4) is 0 Å². The molecule has 0 aromatic heterocycles. The minimum atomic E-state index is 0. The van der Waals surface area contributed by atoms with Crippen molar-refractivity contribution in [2.24, 2.45) is 10.9 Å². The molecule has 0 bridgehead atoms. The first-order chi connectivity index (χ1) is 12.8. The summed E-state index contributed by atoms with van der Waals surface area (Å²) in [6.07, 6.45) is 3.46. The molecule has 0 amide bonds. The van der Waals surface area contributed by atoms with E-state index < -0.39 is 0 Å². The van der Waals surface area contributed by atoms with Crippen LogP contribution in [0.1, 0.15) is 38.7 Å². The fourth-order valence-corrected chi connectivity index (χ4v) is 3.07. The predicted molar refractivity (Wildman–Crippen MR) is 123 cm³/mol. The summed E-state index contributed by atoms with van der Waals surface area (Å²) in [5, 5.41) is 3.41. The summed E-state index contributed by atoms with van der Waals surface area (Å²) >= 11 is 0. The average molecular weight is 489 g/mol. The van der Waals surface area contributed by atoms with Crippen molar-refractivity contribution in [3.05, 3.63) is 35.9 Å². The Morgan fingerprint density at radius 2 is 2.00 bits per heavy atom. The number of nitrogens with one attached hydrogen (secondary N) is 1. The van der Waals surface area contributed by atoms with E-state index in [2.05, 4.69) is 48.3 Å². The Morgan fingerprint density at radius 1 is 1.19 bits per heavy atom. The van der Waals surface area contributed by atoms with Crippen LogP contribution in [0, 0.1) is 5.92 Å². The fraction of sp³-hybridized carbons (Fsp3) is 0.667. The number of aliphatic imine (C=N–C) groups is 1. The number of hydrogen-bond donors (Lipinski definition) is 1. The minimum Gasteiger partial charge on any atom is -0.380 e. The first-order valence-corrected chi connectivity index (χ1v) is 10.1. The Bertz CT molecular complexity index is 513. The zero-order valence-electron chi connectivity index (χ0n) is 16.9. The Morgan fingerprint density at radius 3 is 2.74 bits per heavy atom. The van der Waals surface area contributed by atoms with Gasteiger partial charge in [-0.1, -0.05) is 43.7 Å². The lowest BCUT2D eigenvalue weighted by Gasteiger charge is -2.21. The smallest absolute Gasteiger partial charge is 0.194 e. The van der Waals surface area contributed by atoms with Gasteiger partial charge in [0.25, 0.3) is 0 Å². The first kappa shape index (κ1) is 24.2. The number of guanidine groups is 1. The van der Waals surface area contributed by atoms with Gasteiger partial charge in [-0.3, -0.25) is 4.99 Å². The molecule has 1 unspecified atom stereocenters. The molecule has 0 saturated carbocycles. The summed E-state index contributed by atoms with van der Waals surface area (Å²) in [5.74, 6) is 1.58. The second-order valence-electron chi connectivity index (χ2n) is 6.80. The summed E-state index contributed by atoms with van der Waals surface area (Å²) < 4.78 is 11.5. The van der Waals surface area contributed by atoms with Gasteiger partial charge >= 0.3 is 0 Å². The van der Waals surface area contributed by atoms with Gasteiger partial charge in [-0.15, -0.1) is 24.0 Å². The maximum atomic E-state index is 5.92. The summed E-state index contributed by atoms with van der Waals surface area (Å²) in [7, 11) is 0. The highest BCUT2D eigenvalue weighted by Gasteiger charge is 2.24. The standard InChI is InChI=1S/C21H35N3O2.HI/c1-3-5-14-25-15-12-23-21(22-4-2)24-13-11-20(16-24)18-26-17-19-9-7-6-8-10-19;/h6-10,20H,3-5,11-18H2,1-2H3,(H,22,23);1H. The number of likely N-dealkylation sites (tertiary alicyclic amines) is 1. The molecule has 0 aliphatic carbocycles. The van der Waals surface area contributed by atoms with Crippen LogP contribution in [0.25, 0.3) is 0 Å². The monoisotopic (exact) mass is 489 g/mol. The van der Waals surface area contributed by atoms with Crippen LogP contribution in [-0.2, 0) is 16.1 Å². The number of hydrogen-bond acceptors (Lipinski definition) is 3. The van der Waals surface area contributed by atoms with Crippen LogP contribution in [0.2, 0.25) is 0 Å². The zero-order valence-corrected chi connectivity index (χ0v) is 19.2. The zero-order chi connectivity index (χ0) is 18.5. The Balaban J connectivity index is 0.00000364. The van der Waals surface area contributed by atoms with Gasteiger partial charge in [0.15, 0.2) is 5.96 Å². The number of halogens is 1. The molecule has 0 spiro atoms. The lowest BCUT2D eigenvalue weighted by Crippen LogP contribution is -2.40. The van der Waals surface area contributed by atoms with Crippen LogP contribution >= 0.6 is 24.0 Å². The molecule has 1 heterocycles. The molecule has 1 aliphatic heterocycles. The van der Waals surface area contributed by atoms with Crippen LogP contribution < -0.4 is 5.32 Å². The highest BCUT2D eigenvalue weighted by atomic mass is 127. The van der Waals surface area contributed by atoms with Gasteiger partial charge in [0.2, 0.25) is 0 Å². The molecule has 1 aromatic carbocycles. The molecule has 6 heteroatoms. The van der Waals surface area contributed by atoms with E-state index in [1.54, 1.807) is 0 Å². The maximum absolute atomic E-state index is 5.92. The Hall–Kier alpha value is -0.860. The van der Waals surface area contributed by atoms with Gasteiger partial charge < -0.3 is 19.7 Å². The number of nitrogens with zero attached hydrogens (tertiary/aromatic N) is 2. The van der Waals surface area contributed by atoms with E-state index >= 15 is 0 Å². The normalized spacial score (nSPS) is 17.0. The molecule has 0 radical (unpaired) electrons. The topological polar surface area (TPSA) is 46.1 Å². The molecule has 27 heavy (non-hydrogen) atoms. The van der Waals surface area contributed by atoms with Crippen molar-refractivity contribution < 1.29 is 9.47 Å². The molecular formula is C21H36IN3O2. The Kier molecular flexibility index (Phi) is 13.5. The summed E-state index contributed by atoms with van der Waals surface area (Å²) in [6, 6.07) is 10.4. The minimum absolute atomic E-state index is 0. The summed E-state index contributed by atoms with van der Waals surface area (Å²) in [4.78, 5) is 7.07. The van der Waals surface area contributed by atoms with Crippen molar-refractivity contribution >= 4 is 29.9 Å². The van der Waals surface area contributed by atoms with Crippen LogP contribution in [-0.4, -0.2) is 56.9 Å². The van der Waals surface area contributed by atoms with Crippen molar-refractivity contribution in [3.63, 3.8) is 0 Å². The van der Waals surface area contributed by atoms with Crippen LogP contribution in [0.15, 0.2) is 35.3 Å². The molecule has 1 aromatic rings.